The number of piperidine rings is 1. The van der Waals surface area contributed by atoms with Gasteiger partial charge in [0.1, 0.15) is 6.10 Å². The van der Waals surface area contributed by atoms with Gasteiger partial charge in [0.2, 0.25) is 0 Å². The molecular formula is C19H24INO2. The van der Waals surface area contributed by atoms with Gasteiger partial charge in [0, 0.05) is 21.6 Å². The molecule has 0 spiro atoms. The zero-order chi connectivity index (χ0) is 16.0. The van der Waals surface area contributed by atoms with Gasteiger partial charge in [0.05, 0.1) is 5.92 Å². The van der Waals surface area contributed by atoms with Gasteiger partial charge in [-0.1, -0.05) is 12.1 Å². The van der Waals surface area contributed by atoms with Crippen LogP contribution in [-0.2, 0) is 9.53 Å². The van der Waals surface area contributed by atoms with E-state index in [4.69, 9.17) is 4.74 Å². The first kappa shape index (κ1) is 15.9. The first-order valence-corrected chi connectivity index (χ1v) is 9.89. The van der Waals surface area contributed by atoms with Crippen molar-refractivity contribution >= 4 is 28.6 Å². The Labute approximate surface area is 151 Å². The van der Waals surface area contributed by atoms with Crippen molar-refractivity contribution in [3.63, 3.8) is 0 Å². The molecule has 23 heavy (non-hydrogen) atoms. The molecular weight excluding hydrogens is 401 g/mol. The fourth-order valence-corrected chi connectivity index (χ4v) is 4.93. The summed E-state index contributed by atoms with van der Waals surface area (Å²) < 4.78 is 7.08. The molecule has 0 aromatic heterocycles. The first-order valence-electron chi connectivity index (χ1n) is 8.81. The van der Waals surface area contributed by atoms with E-state index in [1.807, 2.05) is 0 Å². The lowest BCUT2D eigenvalue weighted by Gasteiger charge is -2.42. The number of fused-ring (bicyclic) bond motifs is 2. The van der Waals surface area contributed by atoms with E-state index in [2.05, 4.69) is 58.8 Å². The summed E-state index contributed by atoms with van der Waals surface area (Å²) in [5.74, 6) is 0.364. The molecule has 3 fully saturated rings. The molecule has 0 N–H and O–H groups in total. The molecule has 1 aromatic rings. The summed E-state index contributed by atoms with van der Waals surface area (Å²) in [6.07, 6.45) is 6.92. The lowest BCUT2D eigenvalue weighted by molar-refractivity contribution is -0.162. The molecule has 1 aromatic carbocycles. The van der Waals surface area contributed by atoms with Crippen LogP contribution < -0.4 is 0 Å². The number of nitrogens with zero attached hydrogens (tertiary/aromatic N) is 1. The molecule has 3 nitrogen and oxygen atoms in total. The van der Waals surface area contributed by atoms with E-state index < -0.39 is 0 Å². The first-order chi connectivity index (χ1) is 11.1. The van der Waals surface area contributed by atoms with Crippen molar-refractivity contribution in [3.05, 3.63) is 33.4 Å². The Morgan fingerprint density at radius 2 is 1.91 bits per heavy atom. The van der Waals surface area contributed by atoms with Crippen LogP contribution in [0.1, 0.15) is 50.0 Å². The summed E-state index contributed by atoms with van der Waals surface area (Å²) in [7, 11) is 2.19. The van der Waals surface area contributed by atoms with Crippen molar-refractivity contribution in [1.29, 1.82) is 0 Å². The number of hydrogen-bond acceptors (Lipinski definition) is 3. The summed E-state index contributed by atoms with van der Waals surface area (Å²) in [6.45, 7) is 0. The average Bonchev–Trinajstić information content (AvgIpc) is 2.74. The molecule has 2 bridgehead atoms. The fraction of sp³-hybridized carbons (Fsp3) is 0.632. The molecule has 1 aliphatic carbocycles. The minimum absolute atomic E-state index is 0.000545. The molecule has 0 amide bonds. The van der Waals surface area contributed by atoms with E-state index in [0.29, 0.717) is 18.0 Å². The van der Waals surface area contributed by atoms with E-state index in [1.165, 1.54) is 22.0 Å². The van der Waals surface area contributed by atoms with Crippen molar-refractivity contribution in [2.45, 2.75) is 62.6 Å². The smallest absolute Gasteiger partial charge is 0.311 e. The quantitative estimate of drug-likeness (QED) is 0.543. The molecule has 2 saturated heterocycles. The van der Waals surface area contributed by atoms with Gasteiger partial charge in [-0.2, -0.15) is 0 Å². The maximum Gasteiger partial charge on any atom is 0.311 e. The van der Waals surface area contributed by atoms with Crippen LogP contribution >= 0.6 is 22.6 Å². The predicted molar refractivity (Wildman–Crippen MR) is 98.3 cm³/mol. The van der Waals surface area contributed by atoms with Gasteiger partial charge < -0.3 is 4.74 Å². The summed E-state index contributed by atoms with van der Waals surface area (Å²) >= 11 is 2.34. The second kappa shape index (κ2) is 6.36. The molecule has 2 aliphatic heterocycles. The van der Waals surface area contributed by atoms with Crippen molar-refractivity contribution in [3.8, 4) is 0 Å². The van der Waals surface area contributed by atoms with Crippen molar-refractivity contribution in [2.24, 2.45) is 5.92 Å². The van der Waals surface area contributed by atoms with Crippen molar-refractivity contribution < 1.29 is 9.53 Å². The number of esters is 1. The molecule has 0 radical (unpaired) electrons. The zero-order valence-corrected chi connectivity index (χ0v) is 15.7. The van der Waals surface area contributed by atoms with Gasteiger partial charge in [-0.25, -0.2) is 0 Å². The summed E-state index contributed by atoms with van der Waals surface area (Å²) in [5.41, 5.74) is 1.31. The Bertz CT molecular complexity index is 584. The largest absolute Gasteiger partial charge is 0.462 e. The Balaban J connectivity index is 1.61. The lowest BCUT2D eigenvalue weighted by Crippen LogP contribution is -2.49. The van der Waals surface area contributed by atoms with E-state index in [0.717, 1.165) is 25.7 Å². The zero-order valence-electron chi connectivity index (χ0n) is 13.6. The van der Waals surface area contributed by atoms with Gasteiger partial charge in [0.15, 0.2) is 0 Å². The van der Waals surface area contributed by atoms with E-state index in [1.54, 1.807) is 0 Å². The van der Waals surface area contributed by atoms with Gasteiger partial charge in [-0.05, 0) is 85.9 Å². The minimum Gasteiger partial charge on any atom is -0.462 e. The van der Waals surface area contributed by atoms with Gasteiger partial charge in [-0.3, -0.25) is 9.69 Å². The monoisotopic (exact) mass is 425 g/mol. The van der Waals surface area contributed by atoms with Crippen LogP contribution in [0.3, 0.4) is 0 Å². The highest BCUT2D eigenvalue weighted by atomic mass is 127. The van der Waals surface area contributed by atoms with Crippen LogP contribution in [0, 0.1) is 9.49 Å². The van der Waals surface area contributed by atoms with Crippen LogP contribution in [0.15, 0.2) is 24.3 Å². The normalized spacial score (nSPS) is 34.2. The molecule has 2 heterocycles. The summed E-state index contributed by atoms with van der Waals surface area (Å²) in [6, 6.07) is 9.71. The van der Waals surface area contributed by atoms with Crippen LogP contribution in [0.25, 0.3) is 0 Å². The summed E-state index contributed by atoms with van der Waals surface area (Å²) in [5, 5.41) is 0. The highest BCUT2D eigenvalue weighted by Crippen LogP contribution is 2.47. The van der Waals surface area contributed by atoms with Crippen LogP contribution in [0.5, 0.6) is 0 Å². The SMILES string of the molecule is CN1C2CC[C@@H]1C[C@@H](c1ccc(I)cc1)C2C(=O)OC1CCC1. The Kier molecular flexibility index (Phi) is 4.39. The van der Waals surface area contributed by atoms with Crippen LogP contribution in [-0.4, -0.2) is 36.1 Å². The van der Waals surface area contributed by atoms with Gasteiger partial charge >= 0.3 is 5.97 Å². The number of carbonyl (C=O) groups is 1. The molecule has 2 unspecified atom stereocenters. The Morgan fingerprint density at radius 1 is 1.17 bits per heavy atom. The molecule has 3 aliphatic rings. The number of halogens is 1. The van der Waals surface area contributed by atoms with E-state index >= 15 is 0 Å². The van der Waals surface area contributed by atoms with Gasteiger partial charge in [0.25, 0.3) is 0 Å². The topological polar surface area (TPSA) is 29.5 Å². The van der Waals surface area contributed by atoms with Crippen LogP contribution in [0.2, 0.25) is 0 Å². The fourth-order valence-electron chi connectivity index (χ4n) is 4.57. The number of carbonyl (C=O) groups excluding carboxylic acids is 1. The third-order valence-corrected chi connectivity index (χ3v) is 6.89. The number of benzene rings is 1. The lowest BCUT2D eigenvalue weighted by atomic mass is 9.76. The Hall–Kier alpha value is -0.620. The third-order valence-electron chi connectivity index (χ3n) is 6.17. The minimum atomic E-state index is -0.000545. The molecule has 4 atom stereocenters. The standard InChI is InChI=1S/C19H24INO2/c1-21-14-9-10-17(21)18(19(22)23-15-3-2-4-15)16(11-14)12-5-7-13(20)8-6-12/h5-8,14-18H,2-4,9-11H2,1H3/t14-,16+,17?,18?/m1/s1. The number of ether oxygens (including phenoxy) is 1. The maximum absolute atomic E-state index is 12.9. The molecule has 4 heteroatoms. The van der Waals surface area contributed by atoms with Crippen molar-refractivity contribution in [1.82, 2.24) is 4.90 Å². The number of hydrogen-bond donors (Lipinski definition) is 0. The predicted octanol–water partition coefficient (Wildman–Crippen LogP) is 3.95. The van der Waals surface area contributed by atoms with E-state index in [-0.39, 0.29) is 18.0 Å². The van der Waals surface area contributed by atoms with Gasteiger partial charge in [-0.15, -0.1) is 0 Å². The van der Waals surface area contributed by atoms with Crippen molar-refractivity contribution in [2.75, 3.05) is 7.05 Å². The second-order valence-electron chi connectivity index (χ2n) is 7.37. The Morgan fingerprint density at radius 3 is 2.57 bits per heavy atom. The van der Waals surface area contributed by atoms with Crippen LogP contribution in [0.4, 0.5) is 0 Å². The third kappa shape index (κ3) is 2.93. The average molecular weight is 425 g/mol. The molecule has 1 saturated carbocycles. The highest BCUT2D eigenvalue weighted by Gasteiger charge is 2.50. The molecule has 124 valence electrons. The second-order valence-corrected chi connectivity index (χ2v) is 8.62. The summed E-state index contributed by atoms with van der Waals surface area (Å²) in [4.78, 5) is 15.4. The molecule has 4 rings (SSSR count). The van der Waals surface area contributed by atoms with E-state index in [9.17, 15) is 4.79 Å². The maximum atomic E-state index is 12.9. The number of rotatable bonds is 3. The highest BCUT2D eigenvalue weighted by molar-refractivity contribution is 14.1.